The van der Waals surface area contributed by atoms with E-state index >= 15 is 0 Å². The number of rotatable bonds is 5. The van der Waals surface area contributed by atoms with E-state index in [9.17, 15) is 8.78 Å². The predicted molar refractivity (Wildman–Crippen MR) is 80.3 cm³/mol. The number of nitrogens with one attached hydrogen (secondary N) is 1. The van der Waals surface area contributed by atoms with Crippen LogP contribution in [0.2, 0.25) is 5.02 Å². The molecule has 0 spiro atoms. The van der Waals surface area contributed by atoms with Gasteiger partial charge in [-0.05, 0) is 49.0 Å². The molecular weight excluding hydrogens is 300 g/mol. The molecule has 0 aliphatic heterocycles. The first-order chi connectivity index (χ1) is 9.60. The molecule has 1 atom stereocenters. The van der Waals surface area contributed by atoms with Crippen LogP contribution in [0.15, 0.2) is 47.4 Å². The first-order valence-electron chi connectivity index (χ1n) is 6.10. The number of benzene rings is 2. The summed E-state index contributed by atoms with van der Waals surface area (Å²) in [5, 5.41) is 3.81. The molecule has 0 aliphatic rings. The molecule has 0 aromatic heterocycles. The Bertz CT molecular complexity index is 575. The first-order valence-corrected chi connectivity index (χ1v) is 7.47. The van der Waals surface area contributed by atoms with Crippen LogP contribution in [0.25, 0.3) is 0 Å². The van der Waals surface area contributed by atoms with Gasteiger partial charge in [-0.15, -0.1) is 11.8 Å². The molecule has 1 unspecified atom stereocenters. The van der Waals surface area contributed by atoms with Gasteiger partial charge in [0, 0.05) is 21.7 Å². The zero-order valence-electron chi connectivity index (χ0n) is 10.9. The number of hydrogen-bond donors (Lipinski definition) is 1. The van der Waals surface area contributed by atoms with Crippen LogP contribution in [0, 0.1) is 11.6 Å². The molecular formula is C15H14ClF2NS. The molecule has 2 aromatic rings. The number of thioether (sulfide) groups is 1. The third-order valence-corrected chi connectivity index (χ3v) is 4.28. The molecule has 2 aromatic carbocycles. The molecule has 1 N–H and O–H groups in total. The van der Waals surface area contributed by atoms with E-state index in [1.54, 1.807) is 24.9 Å². The first kappa shape index (κ1) is 15.3. The summed E-state index contributed by atoms with van der Waals surface area (Å²) < 4.78 is 26.2. The van der Waals surface area contributed by atoms with E-state index in [1.807, 2.05) is 24.3 Å². The van der Waals surface area contributed by atoms with Crippen molar-refractivity contribution in [3.05, 3.63) is 64.7 Å². The Labute approximate surface area is 126 Å². The Morgan fingerprint density at radius 2 is 1.80 bits per heavy atom. The fourth-order valence-corrected chi connectivity index (χ4v) is 2.96. The van der Waals surface area contributed by atoms with Crippen molar-refractivity contribution in [2.24, 2.45) is 0 Å². The Morgan fingerprint density at radius 3 is 2.40 bits per heavy atom. The van der Waals surface area contributed by atoms with Crippen molar-refractivity contribution in [2.75, 3.05) is 12.8 Å². The average molecular weight is 314 g/mol. The Hall–Kier alpha value is -1.10. The van der Waals surface area contributed by atoms with Gasteiger partial charge in [0.25, 0.3) is 0 Å². The Balaban J connectivity index is 2.05. The molecule has 0 heterocycles. The summed E-state index contributed by atoms with van der Waals surface area (Å²) in [6, 6.07) is 11.5. The van der Waals surface area contributed by atoms with E-state index in [2.05, 4.69) is 5.32 Å². The van der Waals surface area contributed by atoms with Crippen LogP contribution < -0.4 is 5.32 Å². The smallest absolute Gasteiger partial charge is 0.159 e. The summed E-state index contributed by atoms with van der Waals surface area (Å²) in [4.78, 5) is 1.08. The van der Waals surface area contributed by atoms with Gasteiger partial charge in [-0.3, -0.25) is 0 Å². The molecule has 106 valence electrons. The zero-order valence-corrected chi connectivity index (χ0v) is 12.4. The van der Waals surface area contributed by atoms with Gasteiger partial charge >= 0.3 is 0 Å². The topological polar surface area (TPSA) is 12.0 Å². The second-order valence-corrected chi connectivity index (χ2v) is 5.81. The van der Waals surface area contributed by atoms with Crippen LogP contribution >= 0.6 is 23.4 Å². The third-order valence-electron chi connectivity index (χ3n) is 2.92. The highest BCUT2D eigenvalue weighted by molar-refractivity contribution is 7.99. The molecule has 0 bridgehead atoms. The molecule has 0 saturated carbocycles. The van der Waals surface area contributed by atoms with Gasteiger partial charge in [0.05, 0.1) is 0 Å². The highest BCUT2D eigenvalue weighted by Gasteiger charge is 2.12. The lowest BCUT2D eigenvalue weighted by atomic mass is 10.1. The van der Waals surface area contributed by atoms with Crippen LogP contribution in [0.4, 0.5) is 8.78 Å². The standard InChI is InChI=1S/C15H14ClF2NS/c1-19-15(10-2-7-13(17)14(18)8-10)9-20-12-5-3-11(16)4-6-12/h2-8,15,19H,9H2,1H3. The van der Waals surface area contributed by atoms with Crippen LogP contribution in [-0.4, -0.2) is 12.8 Å². The van der Waals surface area contributed by atoms with Crippen molar-refractivity contribution in [3.8, 4) is 0 Å². The Morgan fingerprint density at radius 1 is 1.10 bits per heavy atom. The molecule has 20 heavy (non-hydrogen) atoms. The van der Waals surface area contributed by atoms with Crippen molar-refractivity contribution in [3.63, 3.8) is 0 Å². The van der Waals surface area contributed by atoms with E-state index in [0.717, 1.165) is 16.5 Å². The largest absolute Gasteiger partial charge is 0.312 e. The molecule has 2 rings (SSSR count). The molecule has 1 nitrogen and oxygen atoms in total. The van der Waals surface area contributed by atoms with Crippen LogP contribution in [0.1, 0.15) is 11.6 Å². The van der Waals surface area contributed by atoms with Crippen LogP contribution in [0.5, 0.6) is 0 Å². The van der Waals surface area contributed by atoms with E-state index < -0.39 is 11.6 Å². The van der Waals surface area contributed by atoms with Crippen molar-refractivity contribution in [1.82, 2.24) is 5.32 Å². The molecule has 5 heteroatoms. The van der Waals surface area contributed by atoms with E-state index in [-0.39, 0.29) is 6.04 Å². The minimum atomic E-state index is -0.825. The maximum atomic E-state index is 13.3. The normalized spacial score (nSPS) is 12.4. The highest BCUT2D eigenvalue weighted by Crippen LogP contribution is 2.26. The molecule has 0 aliphatic carbocycles. The second-order valence-electron chi connectivity index (χ2n) is 4.28. The van der Waals surface area contributed by atoms with Crippen molar-refractivity contribution in [2.45, 2.75) is 10.9 Å². The number of hydrogen-bond acceptors (Lipinski definition) is 2. The van der Waals surface area contributed by atoms with Crippen LogP contribution in [0.3, 0.4) is 0 Å². The van der Waals surface area contributed by atoms with E-state index in [1.165, 1.54) is 6.07 Å². The van der Waals surface area contributed by atoms with Crippen molar-refractivity contribution >= 4 is 23.4 Å². The zero-order chi connectivity index (χ0) is 14.5. The molecule has 0 amide bonds. The molecule has 0 fully saturated rings. The lowest BCUT2D eigenvalue weighted by Gasteiger charge is -2.16. The van der Waals surface area contributed by atoms with E-state index in [4.69, 9.17) is 11.6 Å². The van der Waals surface area contributed by atoms with Crippen molar-refractivity contribution in [1.29, 1.82) is 0 Å². The van der Waals surface area contributed by atoms with Gasteiger partial charge in [-0.1, -0.05) is 17.7 Å². The Kier molecular flexibility index (Phi) is 5.40. The average Bonchev–Trinajstić information content (AvgIpc) is 2.45. The summed E-state index contributed by atoms with van der Waals surface area (Å²) in [7, 11) is 1.80. The lowest BCUT2D eigenvalue weighted by molar-refractivity contribution is 0.504. The quantitative estimate of drug-likeness (QED) is 0.805. The monoisotopic (exact) mass is 313 g/mol. The van der Waals surface area contributed by atoms with Gasteiger partial charge in [0.1, 0.15) is 0 Å². The van der Waals surface area contributed by atoms with Gasteiger partial charge < -0.3 is 5.32 Å². The molecule has 0 radical (unpaired) electrons. The van der Waals surface area contributed by atoms with Crippen LogP contribution in [-0.2, 0) is 0 Å². The maximum absolute atomic E-state index is 13.3. The minimum absolute atomic E-state index is 0.0502. The number of halogens is 3. The second kappa shape index (κ2) is 7.07. The van der Waals surface area contributed by atoms with Gasteiger partial charge in [-0.2, -0.15) is 0 Å². The fraction of sp³-hybridized carbons (Fsp3) is 0.200. The van der Waals surface area contributed by atoms with Gasteiger partial charge in [0.2, 0.25) is 0 Å². The minimum Gasteiger partial charge on any atom is -0.312 e. The third kappa shape index (κ3) is 3.95. The SMILES string of the molecule is CNC(CSc1ccc(Cl)cc1)c1ccc(F)c(F)c1. The summed E-state index contributed by atoms with van der Waals surface area (Å²) in [6.45, 7) is 0. The molecule has 0 saturated heterocycles. The van der Waals surface area contributed by atoms with Crippen molar-refractivity contribution < 1.29 is 8.78 Å². The lowest BCUT2D eigenvalue weighted by Crippen LogP contribution is -2.19. The van der Waals surface area contributed by atoms with E-state index in [0.29, 0.717) is 10.8 Å². The predicted octanol–water partition coefficient (Wildman–Crippen LogP) is 4.67. The highest BCUT2D eigenvalue weighted by atomic mass is 35.5. The summed E-state index contributed by atoms with van der Waals surface area (Å²) >= 11 is 7.46. The van der Waals surface area contributed by atoms with Gasteiger partial charge in [-0.25, -0.2) is 8.78 Å². The summed E-state index contributed by atoms with van der Waals surface area (Å²) in [6.07, 6.45) is 0. The fourth-order valence-electron chi connectivity index (χ4n) is 1.79. The summed E-state index contributed by atoms with van der Waals surface area (Å²) in [5.41, 5.74) is 0.730. The van der Waals surface area contributed by atoms with Gasteiger partial charge in [0.15, 0.2) is 11.6 Å². The maximum Gasteiger partial charge on any atom is 0.159 e. The summed E-state index contributed by atoms with van der Waals surface area (Å²) in [5.74, 6) is -0.934.